The van der Waals surface area contributed by atoms with Gasteiger partial charge in [0.05, 0.1) is 0 Å². The number of amides is 1. The lowest BCUT2D eigenvalue weighted by Crippen LogP contribution is -2.43. The molecule has 1 fully saturated rings. The molecule has 1 spiro atoms. The average Bonchev–Trinajstić information content (AvgIpc) is 2.68. The van der Waals surface area contributed by atoms with Gasteiger partial charge in [0.2, 0.25) is 0 Å². The van der Waals surface area contributed by atoms with Crippen molar-refractivity contribution in [2.24, 2.45) is 0 Å². The number of ether oxygens (including phenoxy) is 1. The Balaban J connectivity index is 2.20. The van der Waals surface area contributed by atoms with Gasteiger partial charge in [-0.05, 0) is 36.4 Å². The van der Waals surface area contributed by atoms with Crippen molar-refractivity contribution in [1.82, 2.24) is 5.32 Å². The van der Waals surface area contributed by atoms with Crippen molar-refractivity contribution in [3.05, 3.63) is 35.1 Å². The molecular weight excluding hydrogens is 209 g/mol. The van der Waals surface area contributed by atoms with E-state index in [1.54, 1.807) is 6.07 Å². The van der Waals surface area contributed by atoms with Gasteiger partial charge in [0, 0.05) is 2.74 Å². The van der Waals surface area contributed by atoms with Gasteiger partial charge in [-0.15, -0.1) is 0 Å². The van der Waals surface area contributed by atoms with Crippen molar-refractivity contribution >= 4 is 6.09 Å². The number of benzene rings is 1. The fraction of sp³-hybridized carbons (Fsp3) is 0.417. The van der Waals surface area contributed by atoms with Gasteiger partial charge in [-0.1, -0.05) is 12.1 Å². The number of fused-ring (bicyclic) bond motifs is 2. The Morgan fingerprint density at radius 1 is 1.56 bits per heavy atom. The first-order valence-electron chi connectivity index (χ1n) is 6.19. The fourth-order valence-electron chi connectivity index (χ4n) is 2.37. The van der Waals surface area contributed by atoms with Crippen LogP contribution in [0.4, 0.5) is 9.18 Å². The van der Waals surface area contributed by atoms with Gasteiger partial charge >= 0.3 is 6.09 Å². The molecule has 1 saturated heterocycles. The van der Waals surface area contributed by atoms with Crippen molar-refractivity contribution in [2.75, 3.05) is 6.61 Å². The lowest BCUT2D eigenvalue weighted by atomic mass is 9.77. The topological polar surface area (TPSA) is 38.3 Å². The van der Waals surface area contributed by atoms with E-state index in [1.807, 2.05) is 0 Å². The molecule has 0 radical (unpaired) electrons. The highest BCUT2D eigenvalue weighted by Gasteiger charge is 2.44. The summed E-state index contributed by atoms with van der Waals surface area (Å²) in [5.74, 6) is -0.572. The molecule has 1 N–H and O–H groups in total. The molecule has 1 aliphatic carbocycles. The SMILES string of the molecule is [2H]C1([2H])CC[C@@]2(COC(=O)N2)c2cccc(F)c21. The zero-order valence-electron chi connectivity index (χ0n) is 10.5. The summed E-state index contributed by atoms with van der Waals surface area (Å²) in [6.07, 6.45) is -1.68. The van der Waals surface area contributed by atoms with E-state index in [9.17, 15) is 9.18 Å². The molecule has 0 bridgehead atoms. The summed E-state index contributed by atoms with van der Waals surface area (Å²) >= 11 is 0. The standard InChI is InChI=1S/C12H12FNO2/c13-10-5-1-4-9-8(10)3-2-6-12(9)7-16-11(15)14-12/h1,4-5H,2-3,6-7H2,(H,14,15)/t12-/m1/s1/i3D2. The Hall–Kier alpha value is -1.58. The zero-order chi connectivity index (χ0) is 13.0. The van der Waals surface area contributed by atoms with Gasteiger partial charge in [-0.2, -0.15) is 0 Å². The number of carbonyl (C=O) groups is 1. The van der Waals surface area contributed by atoms with E-state index in [4.69, 9.17) is 7.48 Å². The summed E-state index contributed by atoms with van der Waals surface area (Å²) in [5, 5.41) is 2.70. The van der Waals surface area contributed by atoms with Gasteiger partial charge in [-0.3, -0.25) is 0 Å². The lowest BCUT2D eigenvalue weighted by Gasteiger charge is -2.33. The van der Waals surface area contributed by atoms with Crippen LogP contribution in [-0.4, -0.2) is 12.7 Å². The zero-order valence-corrected chi connectivity index (χ0v) is 8.55. The number of hydrogen-bond acceptors (Lipinski definition) is 2. The molecule has 0 aromatic heterocycles. The maximum Gasteiger partial charge on any atom is 0.408 e. The molecule has 16 heavy (non-hydrogen) atoms. The van der Waals surface area contributed by atoms with Crippen molar-refractivity contribution in [2.45, 2.75) is 24.8 Å². The van der Waals surface area contributed by atoms with Gasteiger partial charge in [0.15, 0.2) is 0 Å². The van der Waals surface area contributed by atoms with Gasteiger partial charge in [-0.25, -0.2) is 9.18 Å². The molecule has 1 aromatic rings. The molecule has 3 rings (SSSR count). The molecule has 1 aromatic carbocycles. The van der Waals surface area contributed by atoms with Crippen LogP contribution in [0, 0.1) is 5.82 Å². The minimum Gasteiger partial charge on any atom is -0.447 e. The number of nitrogens with one attached hydrogen (secondary N) is 1. The van der Waals surface area contributed by atoms with Gasteiger partial charge < -0.3 is 10.1 Å². The molecule has 1 heterocycles. The molecule has 1 amide bonds. The Kier molecular flexibility index (Phi) is 1.53. The largest absolute Gasteiger partial charge is 0.447 e. The first-order valence-corrected chi connectivity index (χ1v) is 5.19. The highest BCUT2D eigenvalue weighted by atomic mass is 19.1. The molecule has 84 valence electrons. The number of hydrogen-bond donors (Lipinski definition) is 1. The maximum absolute atomic E-state index is 13.9. The monoisotopic (exact) mass is 223 g/mol. The number of cyclic esters (lactones) is 1. The number of carbonyl (C=O) groups excluding carboxylic acids is 1. The molecular formula is C12H12FNO2. The van der Waals surface area contributed by atoms with Crippen LogP contribution in [0.2, 0.25) is 0 Å². The highest BCUT2D eigenvalue weighted by Crippen LogP contribution is 2.38. The third kappa shape index (κ3) is 1.22. The third-order valence-corrected chi connectivity index (χ3v) is 3.17. The van der Waals surface area contributed by atoms with Crippen molar-refractivity contribution in [3.63, 3.8) is 0 Å². The summed E-state index contributed by atoms with van der Waals surface area (Å²) in [6.45, 7) is 0.123. The first-order chi connectivity index (χ1) is 8.45. The summed E-state index contributed by atoms with van der Waals surface area (Å²) in [7, 11) is 0. The second-order valence-corrected chi connectivity index (χ2v) is 4.12. The van der Waals surface area contributed by atoms with E-state index < -0.39 is 23.8 Å². The van der Waals surface area contributed by atoms with Crippen LogP contribution in [0.3, 0.4) is 0 Å². The maximum atomic E-state index is 13.9. The Morgan fingerprint density at radius 3 is 3.19 bits per heavy atom. The van der Waals surface area contributed by atoms with Crippen LogP contribution in [0.25, 0.3) is 0 Å². The van der Waals surface area contributed by atoms with E-state index in [2.05, 4.69) is 5.32 Å². The average molecular weight is 223 g/mol. The molecule has 4 heteroatoms. The van der Waals surface area contributed by atoms with Crippen LogP contribution in [0.5, 0.6) is 0 Å². The Bertz CT molecular complexity index is 535. The van der Waals surface area contributed by atoms with Crippen LogP contribution < -0.4 is 5.32 Å². The van der Waals surface area contributed by atoms with E-state index in [-0.39, 0.29) is 18.6 Å². The van der Waals surface area contributed by atoms with Crippen molar-refractivity contribution in [1.29, 1.82) is 0 Å². The summed E-state index contributed by atoms with van der Waals surface area (Å²) in [5.41, 5.74) is -0.244. The minimum atomic E-state index is -1.71. The Morgan fingerprint density at radius 2 is 2.44 bits per heavy atom. The molecule has 1 atom stereocenters. The van der Waals surface area contributed by atoms with Crippen molar-refractivity contribution in [3.8, 4) is 0 Å². The van der Waals surface area contributed by atoms with E-state index in [0.29, 0.717) is 12.0 Å². The predicted octanol–water partition coefficient (Wildman–Crippen LogP) is 2.10. The number of rotatable bonds is 0. The summed E-state index contributed by atoms with van der Waals surface area (Å²) in [4.78, 5) is 11.3. The summed E-state index contributed by atoms with van der Waals surface area (Å²) < 4.78 is 34.7. The predicted molar refractivity (Wildman–Crippen MR) is 55.5 cm³/mol. The summed E-state index contributed by atoms with van der Waals surface area (Å²) in [6, 6.07) is 4.43. The fourth-order valence-corrected chi connectivity index (χ4v) is 2.37. The number of alkyl carbamates (subject to hydrolysis) is 1. The molecule has 3 nitrogen and oxygen atoms in total. The van der Waals surface area contributed by atoms with Crippen LogP contribution in [0.1, 0.15) is 26.7 Å². The first kappa shape index (κ1) is 7.65. The normalized spacial score (nSPS) is 32.4. The van der Waals surface area contributed by atoms with Crippen molar-refractivity contribution < 1.29 is 16.7 Å². The lowest BCUT2D eigenvalue weighted by molar-refractivity contribution is 0.169. The quantitative estimate of drug-likeness (QED) is 0.731. The van der Waals surface area contributed by atoms with E-state index in [0.717, 1.165) is 0 Å². The van der Waals surface area contributed by atoms with Crippen LogP contribution in [0.15, 0.2) is 18.2 Å². The van der Waals surface area contributed by atoms with Gasteiger partial charge in [0.1, 0.15) is 18.0 Å². The van der Waals surface area contributed by atoms with Crippen LogP contribution >= 0.6 is 0 Å². The second kappa shape index (κ2) is 3.20. The molecule has 0 unspecified atom stereocenters. The molecule has 2 aliphatic rings. The second-order valence-electron chi connectivity index (χ2n) is 4.12. The van der Waals surface area contributed by atoms with E-state index in [1.165, 1.54) is 12.1 Å². The van der Waals surface area contributed by atoms with Gasteiger partial charge in [0.25, 0.3) is 0 Å². The number of halogens is 1. The van der Waals surface area contributed by atoms with Crippen LogP contribution in [-0.2, 0) is 16.6 Å². The minimum absolute atomic E-state index is 0.0436. The smallest absolute Gasteiger partial charge is 0.408 e. The Labute approximate surface area is 95.4 Å². The molecule has 1 aliphatic heterocycles. The molecule has 0 saturated carbocycles. The van der Waals surface area contributed by atoms with E-state index >= 15 is 0 Å². The highest BCUT2D eigenvalue weighted by molar-refractivity contribution is 5.71. The third-order valence-electron chi connectivity index (χ3n) is 3.17.